The van der Waals surface area contributed by atoms with Crippen molar-refractivity contribution in [2.45, 2.75) is 12.8 Å². The maximum Gasteiger partial charge on any atom is -0.00266 e. The SMILES string of the molecule is c1ccc(-c2c3ccccc3c(CCc3ccc4ccccc4c3)c3ccccc23)cc1. The molecule has 0 amide bonds. The largest absolute Gasteiger partial charge is 0.0622 e. The Morgan fingerprint density at radius 3 is 1.66 bits per heavy atom. The lowest BCUT2D eigenvalue weighted by molar-refractivity contribution is 0.979. The quantitative estimate of drug-likeness (QED) is 0.256. The molecule has 0 atom stereocenters. The fourth-order valence-corrected chi connectivity index (χ4v) is 5.07. The molecule has 0 heterocycles. The summed E-state index contributed by atoms with van der Waals surface area (Å²) >= 11 is 0. The minimum Gasteiger partial charge on any atom is -0.0622 e. The van der Waals surface area contributed by atoms with Gasteiger partial charge in [0.05, 0.1) is 0 Å². The Hall–Kier alpha value is -3.90. The molecule has 0 bridgehead atoms. The summed E-state index contributed by atoms with van der Waals surface area (Å²) in [5, 5.41) is 8.03. The molecule has 0 aromatic heterocycles. The summed E-state index contributed by atoms with van der Waals surface area (Å²) < 4.78 is 0. The molecule has 0 heteroatoms. The average molecular weight is 409 g/mol. The minimum absolute atomic E-state index is 1.02. The summed E-state index contributed by atoms with van der Waals surface area (Å²) in [6.45, 7) is 0. The standard InChI is InChI=1S/C32H24/c1-2-11-25(12-3-1)32-30-16-8-6-14-27(30)29(28-15-7-9-17-31(28)32)21-19-23-18-20-24-10-4-5-13-26(24)22-23/h1-18,20,22H,19,21H2. The van der Waals surface area contributed by atoms with E-state index in [1.165, 1.54) is 54.6 Å². The van der Waals surface area contributed by atoms with Crippen LogP contribution in [0.3, 0.4) is 0 Å². The van der Waals surface area contributed by atoms with E-state index in [2.05, 4.69) is 121 Å². The Balaban J connectivity index is 1.52. The predicted octanol–water partition coefficient (Wildman–Crippen LogP) is 8.60. The Kier molecular flexibility index (Phi) is 4.70. The van der Waals surface area contributed by atoms with Gasteiger partial charge in [0.15, 0.2) is 0 Å². The Morgan fingerprint density at radius 2 is 0.969 bits per heavy atom. The van der Waals surface area contributed by atoms with Crippen LogP contribution in [0, 0.1) is 0 Å². The molecule has 0 aliphatic carbocycles. The molecule has 0 spiro atoms. The van der Waals surface area contributed by atoms with Crippen LogP contribution in [-0.4, -0.2) is 0 Å². The second-order valence-corrected chi connectivity index (χ2v) is 8.49. The van der Waals surface area contributed by atoms with Gasteiger partial charge in [0.2, 0.25) is 0 Å². The van der Waals surface area contributed by atoms with Crippen molar-refractivity contribution in [1.29, 1.82) is 0 Å². The lowest BCUT2D eigenvalue weighted by Crippen LogP contribution is -1.97. The van der Waals surface area contributed by atoms with Crippen molar-refractivity contribution < 1.29 is 0 Å². The van der Waals surface area contributed by atoms with Gasteiger partial charge in [0.1, 0.15) is 0 Å². The molecule has 0 aliphatic rings. The van der Waals surface area contributed by atoms with E-state index in [0.717, 1.165) is 12.8 Å². The number of fused-ring (bicyclic) bond motifs is 3. The van der Waals surface area contributed by atoms with E-state index in [9.17, 15) is 0 Å². The van der Waals surface area contributed by atoms with Gasteiger partial charge in [-0.05, 0) is 67.4 Å². The number of benzene rings is 6. The molecule has 0 fully saturated rings. The Labute approximate surface area is 188 Å². The highest BCUT2D eigenvalue weighted by Crippen LogP contribution is 2.39. The van der Waals surface area contributed by atoms with Crippen LogP contribution in [0.2, 0.25) is 0 Å². The normalized spacial score (nSPS) is 11.4. The highest BCUT2D eigenvalue weighted by atomic mass is 14.2. The average Bonchev–Trinajstić information content (AvgIpc) is 2.87. The van der Waals surface area contributed by atoms with Crippen molar-refractivity contribution in [2.75, 3.05) is 0 Å². The van der Waals surface area contributed by atoms with Crippen molar-refractivity contribution in [3.8, 4) is 11.1 Å². The zero-order chi connectivity index (χ0) is 21.3. The molecule has 0 unspecified atom stereocenters. The van der Waals surface area contributed by atoms with Gasteiger partial charge in [-0.15, -0.1) is 0 Å². The molecule has 6 aromatic carbocycles. The maximum absolute atomic E-state index is 2.35. The van der Waals surface area contributed by atoms with Crippen molar-refractivity contribution in [2.24, 2.45) is 0 Å². The Morgan fingerprint density at radius 1 is 0.406 bits per heavy atom. The molecular weight excluding hydrogens is 384 g/mol. The fraction of sp³-hybridized carbons (Fsp3) is 0.0625. The second kappa shape index (κ2) is 7.98. The van der Waals surface area contributed by atoms with Gasteiger partial charge < -0.3 is 0 Å². The van der Waals surface area contributed by atoms with Crippen LogP contribution < -0.4 is 0 Å². The summed E-state index contributed by atoms with van der Waals surface area (Å²) in [6, 6.07) is 44.1. The Bertz CT molecular complexity index is 1500. The van der Waals surface area contributed by atoms with Gasteiger partial charge >= 0.3 is 0 Å². The molecule has 6 aromatic rings. The summed E-state index contributed by atoms with van der Waals surface area (Å²) in [6.07, 6.45) is 2.05. The van der Waals surface area contributed by atoms with Gasteiger partial charge in [-0.3, -0.25) is 0 Å². The molecule has 6 rings (SSSR count). The van der Waals surface area contributed by atoms with E-state index in [0.29, 0.717) is 0 Å². The summed E-state index contributed by atoms with van der Waals surface area (Å²) in [4.78, 5) is 0. The third-order valence-corrected chi connectivity index (χ3v) is 6.58. The zero-order valence-corrected chi connectivity index (χ0v) is 18.0. The summed E-state index contributed by atoms with van der Waals surface area (Å²) in [7, 11) is 0. The lowest BCUT2D eigenvalue weighted by Gasteiger charge is -2.17. The monoisotopic (exact) mass is 408 g/mol. The third-order valence-electron chi connectivity index (χ3n) is 6.58. The lowest BCUT2D eigenvalue weighted by atomic mass is 9.86. The number of aryl methyl sites for hydroxylation is 2. The van der Waals surface area contributed by atoms with Gasteiger partial charge in [0, 0.05) is 0 Å². The van der Waals surface area contributed by atoms with Crippen molar-refractivity contribution in [1.82, 2.24) is 0 Å². The molecule has 152 valence electrons. The van der Waals surface area contributed by atoms with Crippen LogP contribution in [0.15, 0.2) is 121 Å². The van der Waals surface area contributed by atoms with Crippen LogP contribution in [0.4, 0.5) is 0 Å². The number of hydrogen-bond acceptors (Lipinski definition) is 0. The smallest absolute Gasteiger partial charge is 0.00266 e. The van der Waals surface area contributed by atoms with Gasteiger partial charge in [-0.25, -0.2) is 0 Å². The highest BCUT2D eigenvalue weighted by Gasteiger charge is 2.14. The molecule has 0 nitrogen and oxygen atoms in total. The molecule has 0 aliphatic heterocycles. The first-order chi connectivity index (χ1) is 15.9. The van der Waals surface area contributed by atoms with Crippen LogP contribution in [0.25, 0.3) is 43.4 Å². The molecule has 32 heavy (non-hydrogen) atoms. The molecule has 0 saturated carbocycles. The molecule has 0 saturated heterocycles. The summed E-state index contributed by atoms with van der Waals surface area (Å²) in [5.74, 6) is 0. The topological polar surface area (TPSA) is 0 Å². The van der Waals surface area contributed by atoms with E-state index in [-0.39, 0.29) is 0 Å². The van der Waals surface area contributed by atoms with E-state index >= 15 is 0 Å². The van der Waals surface area contributed by atoms with Gasteiger partial charge in [0.25, 0.3) is 0 Å². The first-order valence-electron chi connectivity index (χ1n) is 11.3. The van der Waals surface area contributed by atoms with Crippen molar-refractivity contribution in [3.63, 3.8) is 0 Å². The molecule has 0 radical (unpaired) electrons. The molecular formula is C32H24. The van der Waals surface area contributed by atoms with Gasteiger partial charge in [-0.1, -0.05) is 121 Å². The number of hydrogen-bond donors (Lipinski definition) is 0. The van der Waals surface area contributed by atoms with Crippen LogP contribution in [0.5, 0.6) is 0 Å². The summed E-state index contributed by atoms with van der Waals surface area (Å²) in [5.41, 5.74) is 5.46. The zero-order valence-electron chi connectivity index (χ0n) is 18.0. The van der Waals surface area contributed by atoms with E-state index < -0.39 is 0 Å². The molecule has 0 N–H and O–H groups in total. The van der Waals surface area contributed by atoms with Crippen molar-refractivity contribution >= 4 is 32.3 Å². The fourth-order valence-electron chi connectivity index (χ4n) is 5.07. The van der Waals surface area contributed by atoms with E-state index in [4.69, 9.17) is 0 Å². The number of rotatable bonds is 4. The van der Waals surface area contributed by atoms with Crippen LogP contribution in [-0.2, 0) is 12.8 Å². The minimum atomic E-state index is 1.02. The van der Waals surface area contributed by atoms with Crippen molar-refractivity contribution in [3.05, 3.63) is 132 Å². The predicted molar refractivity (Wildman–Crippen MR) is 138 cm³/mol. The highest BCUT2D eigenvalue weighted by molar-refractivity contribution is 6.15. The van der Waals surface area contributed by atoms with Crippen LogP contribution >= 0.6 is 0 Å². The first-order valence-corrected chi connectivity index (χ1v) is 11.3. The van der Waals surface area contributed by atoms with E-state index in [1.54, 1.807) is 0 Å². The van der Waals surface area contributed by atoms with E-state index in [1.807, 2.05) is 0 Å². The second-order valence-electron chi connectivity index (χ2n) is 8.49. The van der Waals surface area contributed by atoms with Crippen LogP contribution in [0.1, 0.15) is 11.1 Å². The maximum atomic E-state index is 2.35. The van der Waals surface area contributed by atoms with Gasteiger partial charge in [-0.2, -0.15) is 0 Å². The third kappa shape index (κ3) is 3.25. The first kappa shape index (κ1) is 18.8.